The average Bonchev–Trinajstić information content (AvgIpc) is 2.49. The molecule has 0 saturated carbocycles. The van der Waals surface area contributed by atoms with E-state index in [-0.39, 0.29) is 6.03 Å². The molecule has 0 aliphatic carbocycles. The van der Waals surface area contributed by atoms with Gasteiger partial charge >= 0.3 is 6.03 Å². The molecule has 0 aliphatic rings. The van der Waals surface area contributed by atoms with E-state index in [9.17, 15) is 4.79 Å². The van der Waals surface area contributed by atoms with E-state index >= 15 is 0 Å². The highest BCUT2D eigenvalue weighted by Crippen LogP contribution is 2.04. The Labute approximate surface area is 125 Å². The SMILES string of the molecule is Cc1ccc(/C=C/NC(=O)NCc2ccc(C)cc2)cc1. The molecule has 21 heavy (non-hydrogen) atoms. The normalized spacial score (nSPS) is 10.6. The predicted octanol–water partition coefficient (Wildman–Crippen LogP) is 3.77. The van der Waals surface area contributed by atoms with Crippen LogP contribution in [-0.2, 0) is 6.54 Å². The highest BCUT2D eigenvalue weighted by Gasteiger charge is 1.97. The van der Waals surface area contributed by atoms with Crippen LogP contribution in [0.5, 0.6) is 0 Å². The van der Waals surface area contributed by atoms with E-state index in [0.717, 1.165) is 11.1 Å². The monoisotopic (exact) mass is 280 g/mol. The number of urea groups is 1. The van der Waals surface area contributed by atoms with Crippen molar-refractivity contribution in [3.63, 3.8) is 0 Å². The summed E-state index contributed by atoms with van der Waals surface area (Å²) in [5, 5.41) is 5.51. The number of amides is 2. The summed E-state index contributed by atoms with van der Waals surface area (Å²) in [4.78, 5) is 11.7. The number of rotatable bonds is 4. The molecular weight excluding hydrogens is 260 g/mol. The fraction of sp³-hybridized carbons (Fsp3) is 0.167. The van der Waals surface area contributed by atoms with Gasteiger partial charge in [0.2, 0.25) is 0 Å². The maximum Gasteiger partial charge on any atom is 0.319 e. The molecule has 2 aromatic carbocycles. The van der Waals surface area contributed by atoms with Crippen molar-refractivity contribution in [3.8, 4) is 0 Å². The Morgan fingerprint density at radius 2 is 1.52 bits per heavy atom. The molecule has 0 spiro atoms. The second kappa shape index (κ2) is 7.29. The fourth-order valence-corrected chi connectivity index (χ4v) is 1.83. The maximum absolute atomic E-state index is 11.7. The number of aryl methyl sites for hydroxylation is 2. The van der Waals surface area contributed by atoms with Gasteiger partial charge in [-0.05, 0) is 31.1 Å². The summed E-state index contributed by atoms with van der Waals surface area (Å²) in [6.45, 7) is 4.61. The van der Waals surface area contributed by atoms with Gasteiger partial charge in [0, 0.05) is 12.7 Å². The van der Waals surface area contributed by atoms with Gasteiger partial charge in [0.25, 0.3) is 0 Å². The van der Waals surface area contributed by atoms with Crippen molar-refractivity contribution in [1.29, 1.82) is 0 Å². The summed E-state index contributed by atoms with van der Waals surface area (Å²) in [6, 6.07) is 16.0. The lowest BCUT2D eigenvalue weighted by Crippen LogP contribution is -2.31. The summed E-state index contributed by atoms with van der Waals surface area (Å²) < 4.78 is 0. The lowest BCUT2D eigenvalue weighted by atomic mass is 10.1. The van der Waals surface area contributed by atoms with Crippen molar-refractivity contribution in [3.05, 3.63) is 77.0 Å². The molecule has 0 bridgehead atoms. The molecule has 0 atom stereocenters. The van der Waals surface area contributed by atoms with Crippen molar-refractivity contribution in [2.45, 2.75) is 20.4 Å². The van der Waals surface area contributed by atoms with Crippen LogP contribution >= 0.6 is 0 Å². The van der Waals surface area contributed by atoms with E-state index in [0.29, 0.717) is 6.54 Å². The van der Waals surface area contributed by atoms with Gasteiger partial charge in [-0.1, -0.05) is 59.7 Å². The molecule has 0 aliphatic heterocycles. The van der Waals surface area contributed by atoms with Crippen molar-refractivity contribution < 1.29 is 4.79 Å². The zero-order chi connectivity index (χ0) is 15.1. The van der Waals surface area contributed by atoms with E-state index in [1.54, 1.807) is 6.20 Å². The van der Waals surface area contributed by atoms with Crippen LogP contribution in [-0.4, -0.2) is 6.03 Å². The largest absolute Gasteiger partial charge is 0.334 e. The minimum atomic E-state index is -0.209. The number of carbonyl (C=O) groups excluding carboxylic acids is 1. The number of hydrogen-bond acceptors (Lipinski definition) is 1. The Morgan fingerprint density at radius 1 is 0.952 bits per heavy atom. The lowest BCUT2D eigenvalue weighted by molar-refractivity contribution is 0.244. The number of nitrogens with one attached hydrogen (secondary N) is 2. The van der Waals surface area contributed by atoms with Gasteiger partial charge in [0.15, 0.2) is 0 Å². The van der Waals surface area contributed by atoms with Crippen molar-refractivity contribution in [2.75, 3.05) is 0 Å². The van der Waals surface area contributed by atoms with Gasteiger partial charge in [-0.3, -0.25) is 0 Å². The maximum atomic E-state index is 11.7. The topological polar surface area (TPSA) is 41.1 Å². The summed E-state index contributed by atoms with van der Waals surface area (Å²) in [7, 11) is 0. The van der Waals surface area contributed by atoms with Gasteiger partial charge in [-0.15, -0.1) is 0 Å². The first-order valence-corrected chi connectivity index (χ1v) is 6.96. The quantitative estimate of drug-likeness (QED) is 0.879. The minimum absolute atomic E-state index is 0.209. The highest BCUT2D eigenvalue weighted by atomic mass is 16.2. The van der Waals surface area contributed by atoms with Gasteiger partial charge in [-0.2, -0.15) is 0 Å². The van der Waals surface area contributed by atoms with E-state index in [1.165, 1.54) is 11.1 Å². The van der Waals surface area contributed by atoms with Gasteiger partial charge in [-0.25, -0.2) is 4.79 Å². The number of carbonyl (C=O) groups is 1. The van der Waals surface area contributed by atoms with E-state index < -0.39 is 0 Å². The van der Waals surface area contributed by atoms with Crippen LogP contribution in [0.1, 0.15) is 22.3 Å². The zero-order valence-electron chi connectivity index (χ0n) is 12.4. The third-order valence-electron chi connectivity index (χ3n) is 3.14. The summed E-state index contributed by atoms with van der Waals surface area (Å²) in [5.41, 5.74) is 4.57. The van der Waals surface area contributed by atoms with Gasteiger partial charge in [0.05, 0.1) is 0 Å². The van der Waals surface area contributed by atoms with Crippen LogP contribution in [0.4, 0.5) is 4.79 Å². The molecule has 0 heterocycles. The molecule has 3 nitrogen and oxygen atoms in total. The molecule has 2 aromatic rings. The third kappa shape index (κ3) is 5.15. The second-order valence-electron chi connectivity index (χ2n) is 5.06. The summed E-state index contributed by atoms with van der Waals surface area (Å²) in [6.07, 6.45) is 3.51. The van der Waals surface area contributed by atoms with Crippen molar-refractivity contribution in [1.82, 2.24) is 10.6 Å². The van der Waals surface area contributed by atoms with Crippen molar-refractivity contribution in [2.24, 2.45) is 0 Å². The third-order valence-corrected chi connectivity index (χ3v) is 3.14. The van der Waals surface area contributed by atoms with E-state index in [1.807, 2.05) is 68.5 Å². The first kappa shape index (κ1) is 14.9. The first-order chi connectivity index (χ1) is 10.1. The molecular formula is C18H20N2O. The number of hydrogen-bond donors (Lipinski definition) is 2. The molecule has 108 valence electrons. The van der Waals surface area contributed by atoms with E-state index in [4.69, 9.17) is 0 Å². The summed E-state index contributed by atoms with van der Waals surface area (Å²) in [5.74, 6) is 0. The Morgan fingerprint density at radius 3 is 2.14 bits per heavy atom. The van der Waals surface area contributed by atoms with Gasteiger partial charge in [0.1, 0.15) is 0 Å². The molecule has 3 heteroatoms. The lowest BCUT2D eigenvalue weighted by Gasteiger charge is -2.05. The molecule has 0 saturated heterocycles. The Bertz CT molecular complexity index is 613. The molecule has 0 radical (unpaired) electrons. The minimum Gasteiger partial charge on any atom is -0.334 e. The van der Waals surface area contributed by atoms with Crippen LogP contribution < -0.4 is 10.6 Å². The second-order valence-corrected chi connectivity index (χ2v) is 5.06. The van der Waals surface area contributed by atoms with Crippen LogP contribution in [0.25, 0.3) is 6.08 Å². The Hall–Kier alpha value is -2.55. The average molecular weight is 280 g/mol. The molecule has 0 fully saturated rings. The molecule has 2 N–H and O–H groups in total. The standard InChI is InChI=1S/C18H20N2O/c1-14-3-7-16(8-4-14)11-12-19-18(21)20-13-17-9-5-15(2)6-10-17/h3-12H,13H2,1-2H3,(H2,19,20,21)/b12-11+. The Kier molecular flexibility index (Phi) is 5.16. The summed E-state index contributed by atoms with van der Waals surface area (Å²) >= 11 is 0. The first-order valence-electron chi connectivity index (χ1n) is 6.96. The van der Waals surface area contributed by atoms with Crippen molar-refractivity contribution >= 4 is 12.1 Å². The Balaban J connectivity index is 1.77. The molecule has 2 amide bonds. The van der Waals surface area contributed by atoms with E-state index in [2.05, 4.69) is 10.6 Å². The predicted molar refractivity (Wildman–Crippen MR) is 86.8 cm³/mol. The van der Waals surface area contributed by atoms with Crippen LogP contribution in [0.2, 0.25) is 0 Å². The van der Waals surface area contributed by atoms with Crippen LogP contribution in [0, 0.1) is 13.8 Å². The number of benzene rings is 2. The zero-order valence-corrected chi connectivity index (χ0v) is 12.4. The molecule has 2 rings (SSSR count). The highest BCUT2D eigenvalue weighted by molar-refractivity contribution is 5.75. The van der Waals surface area contributed by atoms with Crippen LogP contribution in [0.15, 0.2) is 54.7 Å². The smallest absolute Gasteiger partial charge is 0.319 e. The van der Waals surface area contributed by atoms with Gasteiger partial charge < -0.3 is 10.6 Å². The van der Waals surface area contributed by atoms with Crippen LogP contribution in [0.3, 0.4) is 0 Å². The molecule has 0 unspecified atom stereocenters. The molecule has 0 aromatic heterocycles. The fourth-order valence-electron chi connectivity index (χ4n) is 1.83.